The normalized spacial score (nSPS) is 9.46. The number of aliphatic imine (C=N–C) groups is 1. The van der Waals surface area contributed by atoms with Crippen LogP contribution in [0.4, 0.5) is 5.69 Å². The lowest BCUT2D eigenvalue weighted by atomic mass is 10.0. The molecule has 0 fully saturated rings. The molecule has 68 valence electrons. The van der Waals surface area contributed by atoms with Gasteiger partial charge in [-0.15, -0.1) is 0 Å². The molecule has 0 N–H and O–H groups in total. The molecule has 0 unspecified atom stereocenters. The Morgan fingerprint density at radius 2 is 2.08 bits per heavy atom. The maximum atomic E-state index is 4.62. The number of hydrogen-bond donors (Lipinski definition) is 0. The molecule has 0 aromatic heterocycles. The van der Waals surface area contributed by atoms with Crippen LogP contribution in [0, 0.1) is 13.8 Å². The van der Waals surface area contributed by atoms with E-state index in [1.165, 1.54) is 16.7 Å². The van der Waals surface area contributed by atoms with Crippen molar-refractivity contribution in [2.24, 2.45) is 4.99 Å². The fraction of sp³-hybridized carbons (Fsp3) is 0.364. The first-order valence-electron chi connectivity index (χ1n) is 4.37. The van der Waals surface area contributed by atoms with Crippen LogP contribution in [0.5, 0.6) is 0 Å². The molecule has 0 heterocycles. The number of benzene rings is 1. The topological polar surface area (TPSA) is 12.4 Å². The maximum absolute atomic E-state index is 4.62. The fourth-order valence-electron chi connectivity index (χ4n) is 1.52. The van der Waals surface area contributed by atoms with Crippen LogP contribution < -0.4 is 0 Å². The monoisotopic (exact) mass is 191 g/mol. The van der Waals surface area contributed by atoms with Crippen LogP contribution in [-0.2, 0) is 6.42 Å². The van der Waals surface area contributed by atoms with Crippen LogP contribution in [0.25, 0.3) is 0 Å². The number of hydrogen-bond acceptors (Lipinski definition) is 2. The van der Waals surface area contributed by atoms with E-state index in [0.29, 0.717) is 0 Å². The van der Waals surface area contributed by atoms with Crippen LogP contribution in [-0.4, -0.2) is 5.16 Å². The molecule has 0 amide bonds. The first kappa shape index (κ1) is 10.1. The summed E-state index contributed by atoms with van der Waals surface area (Å²) in [4.78, 5) is 4.08. The van der Waals surface area contributed by atoms with E-state index >= 15 is 0 Å². The maximum Gasteiger partial charge on any atom is 0.0800 e. The first-order valence-corrected chi connectivity index (χ1v) is 4.77. The number of aryl methyl sites for hydroxylation is 3. The molecule has 0 aliphatic rings. The van der Waals surface area contributed by atoms with Gasteiger partial charge in [-0.05, 0) is 43.6 Å². The van der Waals surface area contributed by atoms with Crippen molar-refractivity contribution >= 4 is 23.1 Å². The Kier molecular flexibility index (Phi) is 3.35. The van der Waals surface area contributed by atoms with Gasteiger partial charge >= 0.3 is 0 Å². The fourth-order valence-corrected chi connectivity index (χ4v) is 1.61. The van der Waals surface area contributed by atoms with Gasteiger partial charge in [0, 0.05) is 0 Å². The summed E-state index contributed by atoms with van der Waals surface area (Å²) in [5, 5.41) is 2.43. The van der Waals surface area contributed by atoms with Gasteiger partial charge < -0.3 is 0 Å². The molecule has 0 aliphatic carbocycles. The van der Waals surface area contributed by atoms with Crippen molar-refractivity contribution in [1.82, 2.24) is 0 Å². The zero-order valence-electron chi connectivity index (χ0n) is 8.22. The third-order valence-electron chi connectivity index (χ3n) is 2.06. The SMILES string of the molecule is CCc1cc(C)cc(C)c1N=C=S. The Labute approximate surface area is 84.5 Å². The summed E-state index contributed by atoms with van der Waals surface area (Å²) in [6.07, 6.45) is 0.984. The Bertz CT molecular complexity index is 363. The highest BCUT2D eigenvalue weighted by atomic mass is 32.1. The molecule has 2 heteroatoms. The Hall–Kier alpha value is -0.980. The van der Waals surface area contributed by atoms with Gasteiger partial charge in [0.05, 0.1) is 10.8 Å². The molecule has 0 saturated heterocycles. The van der Waals surface area contributed by atoms with E-state index in [4.69, 9.17) is 0 Å². The van der Waals surface area contributed by atoms with Gasteiger partial charge in [-0.1, -0.05) is 24.6 Å². The molecule has 13 heavy (non-hydrogen) atoms. The van der Waals surface area contributed by atoms with Gasteiger partial charge in [0.1, 0.15) is 0 Å². The molecular weight excluding hydrogens is 178 g/mol. The van der Waals surface area contributed by atoms with Crippen LogP contribution in [0.1, 0.15) is 23.6 Å². The van der Waals surface area contributed by atoms with Gasteiger partial charge in [0.15, 0.2) is 0 Å². The molecule has 1 nitrogen and oxygen atoms in total. The number of isothiocyanates is 1. The molecule has 0 radical (unpaired) electrons. The second-order valence-corrected chi connectivity index (χ2v) is 3.33. The lowest BCUT2D eigenvalue weighted by Crippen LogP contribution is -1.87. The Balaban J connectivity index is 3.37. The summed E-state index contributed by atoms with van der Waals surface area (Å²) in [6.45, 7) is 6.27. The van der Waals surface area contributed by atoms with E-state index in [-0.39, 0.29) is 0 Å². The lowest BCUT2D eigenvalue weighted by molar-refractivity contribution is 1.11. The van der Waals surface area contributed by atoms with Gasteiger partial charge in [0.25, 0.3) is 0 Å². The highest BCUT2D eigenvalue weighted by Gasteiger charge is 2.03. The van der Waals surface area contributed by atoms with Crippen molar-refractivity contribution in [3.05, 3.63) is 28.8 Å². The minimum atomic E-state index is 0.984. The largest absolute Gasteiger partial charge is 0.194 e. The van der Waals surface area contributed by atoms with E-state index in [1.54, 1.807) is 0 Å². The highest BCUT2D eigenvalue weighted by molar-refractivity contribution is 7.78. The van der Waals surface area contributed by atoms with Crippen LogP contribution in [0.3, 0.4) is 0 Å². The van der Waals surface area contributed by atoms with Crippen molar-refractivity contribution in [1.29, 1.82) is 0 Å². The second-order valence-electron chi connectivity index (χ2n) is 3.15. The van der Waals surface area contributed by atoms with Gasteiger partial charge in [-0.3, -0.25) is 0 Å². The minimum absolute atomic E-state index is 0.984. The standard InChI is InChI=1S/C11H13NS/c1-4-10-6-8(2)5-9(3)11(10)12-7-13/h5-6H,4H2,1-3H3. The van der Waals surface area contributed by atoms with Gasteiger partial charge in [-0.25, -0.2) is 0 Å². The van der Waals surface area contributed by atoms with Crippen LogP contribution in [0.2, 0.25) is 0 Å². The van der Waals surface area contributed by atoms with E-state index in [9.17, 15) is 0 Å². The molecule has 1 rings (SSSR count). The van der Waals surface area contributed by atoms with E-state index in [1.807, 2.05) is 0 Å². The van der Waals surface area contributed by atoms with Crippen molar-refractivity contribution in [3.63, 3.8) is 0 Å². The summed E-state index contributed by atoms with van der Waals surface area (Å²) >= 11 is 4.62. The average molecular weight is 191 g/mol. The van der Waals surface area contributed by atoms with E-state index < -0.39 is 0 Å². The second kappa shape index (κ2) is 4.31. The predicted octanol–water partition coefficient (Wildman–Crippen LogP) is 3.60. The molecule has 0 spiro atoms. The Morgan fingerprint density at radius 1 is 1.38 bits per heavy atom. The van der Waals surface area contributed by atoms with Crippen LogP contribution >= 0.6 is 12.2 Å². The number of thiocarbonyl (C=S) groups is 1. The molecule has 0 aliphatic heterocycles. The molecule has 0 bridgehead atoms. The molecular formula is C11H13NS. The summed E-state index contributed by atoms with van der Waals surface area (Å²) in [6, 6.07) is 4.27. The molecule has 0 saturated carbocycles. The van der Waals surface area contributed by atoms with E-state index in [0.717, 1.165) is 12.1 Å². The summed E-state index contributed by atoms with van der Waals surface area (Å²) in [5.41, 5.74) is 4.69. The van der Waals surface area contributed by atoms with Crippen molar-refractivity contribution < 1.29 is 0 Å². The van der Waals surface area contributed by atoms with Crippen molar-refractivity contribution in [2.75, 3.05) is 0 Å². The molecule has 0 atom stereocenters. The lowest BCUT2D eigenvalue weighted by Gasteiger charge is -2.06. The first-order chi connectivity index (χ1) is 6.19. The van der Waals surface area contributed by atoms with Gasteiger partial charge in [-0.2, -0.15) is 4.99 Å². The molecule has 1 aromatic rings. The summed E-state index contributed by atoms with van der Waals surface area (Å²) in [7, 11) is 0. The number of rotatable bonds is 2. The third-order valence-corrected chi connectivity index (χ3v) is 2.15. The summed E-state index contributed by atoms with van der Waals surface area (Å²) < 4.78 is 0. The molecule has 1 aromatic carbocycles. The van der Waals surface area contributed by atoms with Crippen molar-refractivity contribution in [3.8, 4) is 0 Å². The number of nitrogens with zero attached hydrogens (tertiary/aromatic N) is 1. The zero-order chi connectivity index (χ0) is 9.84. The highest BCUT2D eigenvalue weighted by Crippen LogP contribution is 2.25. The van der Waals surface area contributed by atoms with Crippen LogP contribution in [0.15, 0.2) is 17.1 Å². The minimum Gasteiger partial charge on any atom is -0.194 e. The predicted molar refractivity (Wildman–Crippen MR) is 60.0 cm³/mol. The van der Waals surface area contributed by atoms with Crippen molar-refractivity contribution in [2.45, 2.75) is 27.2 Å². The van der Waals surface area contributed by atoms with E-state index in [2.05, 4.69) is 55.3 Å². The Morgan fingerprint density at radius 3 is 2.62 bits per heavy atom. The summed E-state index contributed by atoms with van der Waals surface area (Å²) in [5.74, 6) is 0. The third kappa shape index (κ3) is 2.24. The van der Waals surface area contributed by atoms with Gasteiger partial charge in [0.2, 0.25) is 0 Å². The average Bonchev–Trinajstić information content (AvgIpc) is 2.09. The smallest absolute Gasteiger partial charge is 0.0800 e. The quantitative estimate of drug-likeness (QED) is 0.514. The zero-order valence-corrected chi connectivity index (χ0v) is 9.03.